The minimum absolute atomic E-state index is 0.288. The van der Waals surface area contributed by atoms with E-state index in [-0.39, 0.29) is 11.7 Å². The molecule has 0 N–H and O–H groups in total. The molecule has 0 radical (unpaired) electrons. The minimum atomic E-state index is -0.288. The Bertz CT molecular complexity index is 269. The van der Waals surface area contributed by atoms with Gasteiger partial charge in [0.05, 0.1) is 7.11 Å². The van der Waals surface area contributed by atoms with E-state index in [0.717, 1.165) is 5.56 Å². The number of rotatable bonds is 2. The molecule has 0 saturated carbocycles. The fraction of sp³-hybridized carbons (Fsp3) is 0.400. The van der Waals surface area contributed by atoms with Gasteiger partial charge in [-0.3, -0.25) is 0 Å². The van der Waals surface area contributed by atoms with Gasteiger partial charge >= 0.3 is 0 Å². The zero-order chi connectivity index (χ0) is 9.14. The van der Waals surface area contributed by atoms with Crippen LogP contribution in [0.25, 0.3) is 0 Å². The number of hydrogen-bond acceptors (Lipinski definition) is 1. The smallest absolute Gasteiger partial charge is 0.165 e. The summed E-state index contributed by atoms with van der Waals surface area (Å²) in [5, 5.41) is 0. The Labute approximate surface area is 72.2 Å². The molecule has 1 aromatic rings. The van der Waals surface area contributed by atoms with Crippen LogP contribution in [0.1, 0.15) is 25.3 Å². The van der Waals surface area contributed by atoms with Crippen molar-refractivity contribution in [1.29, 1.82) is 0 Å². The molecule has 1 aromatic carbocycles. The Morgan fingerprint density at radius 2 is 2.00 bits per heavy atom. The Morgan fingerprint density at radius 3 is 2.42 bits per heavy atom. The van der Waals surface area contributed by atoms with Crippen molar-refractivity contribution in [2.75, 3.05) is 7.11 Å². The average molecular weight is 168 g/mol. The molecule has 1 nitrogen and oxygen atoms in total. The molecule has 0 amide bonds. The van der Waals surface area contributed by atoms with Gasteiger partial charge in [-0.2, -0.15) is 0 Å². The molecule has 2 heteroatoms. The van der Waals surface area contributed by atoms with E-state index in [0.29, 0.717) is 5.75 Å². The first kappa shape index (κ1) is 9.04. The topological polar surface area (TPSA) is 9.23 Å². The maximum absolute atomic E-state index is 13.1. The molecular weight excluding hydrogens is 155 g/mol. The summed E-state index contributed by atoms with van der Waals surface area (Å²) in [6, 6.07) is 4.99. The highest BCUT2D eigenvalue weighted by atomic mass is 19.1. The van der Waals surface area contributed by atoms with Crippen LogP contribution in [0.15, 0.2) is 18.2 Å². The van der Waals surface area contributed by atoms with Crippen LogP contribution in [0.2, 0.25) is 0 Å². The molecule has 0 aliphatic carbocycles. The first-order chi connectivity index (χ1) is 5.66. The van der Waals surface area contributed by atoms with E-state index in [2.05, 4.69) is 0 Å². The Hall–Kier alpha value is -1.05. The predicted octanol–water partition coefficient (Wildman–Crippen LogP) is 2.96. The van der Waals surface area contributed by atoms with Gasteiger partial charge in [0, 0.05) is 0 Å². The van der Waals surface area contributed by atoms with E-state index in [4.69, 9.17) is 4.74 Å². The molecule has 66 valence electrons. The van der Waals surface area contributed by atoms with Crippen molar-refractivity contribution < 1.29 is 9.13 Å². The molecule has 0 unspecified atom stereocenters. The Kier molecular flexibility index (Phi) is 2.69. The summed E-state index contributed by atoms with van der Waals surface area (Å²) in [5.74, 6) is 0.367. The number of halogens is 1. The van der Waals surface area contributed by atoms with Crippen molar-refractivity contribution in [3.8, 4) is 5.75 Å². The lowest BCUT2D eigenvalue weighted by molar-refractivity contribution is 0.379. The zero-order valence-electron chi connectivity index (χ0n) is 7.60. The summed E-state index contributed by atoms with van der Waals surface area (Å²) in [5.41, 5.74) is 0.914. The maximum Gasteiger partial charge on any atom is 0.165 e. The Morgan fingerprint density at radius 1 is 1.33 bits per heavy atom. The standard InChI is InChI=1S/C10H13FO/c1-7(2)8-5-4-6-9(11)10(8)12-3/h4-7H,1-3H3. The first-order valence-corrected chi connectivity index (χ1v) is 3.99. The molecule has 0 aromatic heterocycles. The van der Waals surface area contributed by atoms with E-state index >= 15 is 0 Å². The van der Waals surface area contributed by atoms with Gasteiger partial charge in [0.2, 0.25) is 0 Å². The molecule has 12 heavy (non-hydrogen) atoms. The lowest BCUT2D eigenvalue weighted by Gasteiger charge is -2.11. The number of hydrogen-bond donors (Lipinski definition) is 0. The van der Waals surface area contributed by atoms with Gasteiger partial charge in [-0.15, -0.1) is 0 Å². The molecule has 0 atom stereocenters. The minimum Gasteiger partial charge on any atom is -0.493 e. The fourth-order valence-electron chi connectivity index (χ4n) is 1.20. The molecule has 0 bridgehead atoms. The van der Waals surface area contributed by atoms with Gasteiger partial charge in [-0.1, -0.05) is 26.0 Å². The number of para-hydroxylation sites is 1. The highest BCUT2D eigenvalue weighted by Crippen LogP contribution is 2.28. The van der Waals surface area contributed by atoms with Crippen LogP contribution in [-0.4, -0.2) is 7.11 Å². The largest absolute Gasteiger partial charge is 0.493 e. The number of ether oxygens (including phenoxy) is 1. The second-order valence-corrected chi connectivity index (χ2v) is 3.02. The van der Waals surface area contributed by atoms with Crippen molar-refractivity contribution in [1.82, 2.24) is 0 Å². The lowest BCUT2D eigenvalue weighted by Crippen LogP contribution is -1.96. The van der Waals surface area contributed by atoms with Crippen molar-refractivity contribution in [3.05, 3.63) is 29.6 Å². The molecule has 0 saturated heterocycles. The SMILES string of the molecule is COc1c(F)cccc1C(C)C. The second-order valence-electron chi connectivity index (χ2n) is 3.02. The Balaban J connectivity index is 3.18. The fourth-order valence-corrected chi connectivity index (χ4v) is 1.20. The third-order valence-electron chi connectivity index (χ3n) is 1.82. The van der Waals surface area contributed by atoms with Crippen molar-refractivity contribution in [2.24, 2.45) is 0 Å². The molecule has 0 heterocycles. The van der Waals surface area contributed by atoms with E-state index in [1.807, 2.05) is 19.9 Å². The van der Waals surface area contributed by atoms with Crippen LogP contribution in [0, 0.1) is 5.82 Å². The van der Waals surface area contributed by atoms with Gasteiger partial charge < -0.3 is 4.74 Å². The van der Waals surface area contributed by atoms with Crippen LogP contribution in [0.5, 0.6) is 5.75 Å². The maximum atomic E-state index is 13.1. The van der Waals surface area contributed by atoms with Crippen LogP contribution < -0.4 is 4.74 Å². The second kappa shape index (κ2) is 3.57. The molecule has 0 aliphatic rings. The summed E-state index contributed by atoms with van der Waals surface area (Å²) in [6.07, 6.45) is 0. The number of methoxy groups -OCH3 is 1. The van der Waals surface area contributed by atoms with E-state index in [1.165, 1.54) is 13.2 Å². The van der Waals surface area contributed by atoms with Gasteiger partial charge in [-0.05, 0) is 17.5 Å². The number of benzene rings is 1. The van der Waals surface area contributed by atoms with Crippen LogP contribution >= 0.6 is 0 Å². The van der Waals surface area contributed by atoms with E-state index in [9.17, 15) is 4.39 Å². The van der Waals surface area contributed by atoms with E-state index in [1.54, 1.807) is 6.07 Å². The quantitative estimate of drug-likeness (QED) is 0.659. The summed E-state index contributed by atoms with van der Waals surface area (Å²) >= 11 is 0. The summed E-state index contributed by atoms with van der Waals surface area (Å²) in [7, 11) is 1.49. The molecule has 1 rings (SSSR count). The average Bonchev–Trinajstić information content (AvgIpc) is 2.03. The molecular formula is C10H13FO. The van der Waals surface area contributed by atoms with Gasteiger partial charge in [-0.25, -0.2) is 4.39 Å². The van der Waals surface area contributed by atoms with Crippen molar-refractivity contribution in [3.63, 3.8) is 0 Å². The van der Waals surface area contributed by atoms with Crippen LogP contribution in [0.3, 0.4) is 0 Å². The summed E-state index contributed by atoms with van der Waals surface area (Å²) in [4.78, 5) is 0. The summed E-state index contributed by atoms with van der Waals surface area (Å²) in [6.45, 7) is 4.02. The van der Waals surface area contributed by atoms with E-state index < -0.39 is 0 Å². The molecule has 0 aliphatic heterocycles. The third kappa shape index (κ3) is 1.58. The predicted molar refractivity (Wildman–Crippen MR) is 47.0 cm³/mol. The monoisotopic (exact) mass is 168 g/mol. The first-order valence-electron chi connectivity index (χ1n) is 3.99. The molecule has 0 fully saturated rings. The highest BCUT2D eigenvalue weighted by molar-refractivity contribution is 5.36. The van der Waals surface area contributed by atoms with Gasteiger partial charge in [0.15, 0.2) is 11.6 Å². The summed E-state index contributed by atoms with van der Waals surface area (Å²) < 4.78 is 18.0. The van der Waals surface area contributed by atoms with Crippen molar-refractivity contribution in [2.45, 2.75) is 19.8 Å². The zero-order valence-corrected chi connectivity index (χ0v) is 7.60. The van der Waals surface area contributed by atoms with Crippen LogP contribution in [-0.2, 0) is 0 Å². The van der Waals surface area contributed by atoms with Gasteiger partial charge in [0.25, 0.3) is 0 Å². The highest BCUT2D eigenvalue weighted by Gasteiger charge is 2.10. The van der Waals surface area contributed by atoms with Crippen molar-refractivity contribution >= 4 is 0 Å². The van der Waals surface area contributed by atoms with Gasteiger partial charge in [0.1, 0.15) is 0 Å². The lowest BCUT2D eigenvalue weighted by atomic mass is 10.0. The van der Waals surface area contributed by atoms with Crippen LogP contribution in [0.4, 0.5) is 4.39 Å². The third-order valence-corrected chi connectivity index (χ3v) is 1.82. The normalized spacial score (nSPS) is 10.4. The molecule has 0 spiro atoms.